The number of rotatable bonds is 5. The van der Waals surface area contributed by atoms with Gasteiger partial charge in [-0.05, 0) is 24.6 Å². The number of carbonyl (C=O) groups excluding carboxylic acids is 1. The Labute approximate surface area is 174 Å². The molecule has 2 heterocycles. The summed E-state index contributed by atoms with van der Waals surface area (Å²) in [5.41, 5.74) is -5.15. The smallest absolute Gasteiger partial charge is 0.495 e. The second-order valence-electron chi connectivity index (χ2n) is 6.43. The van der Waals surface area contributed by atoms with E-state index in [1.54, 1.807) is 6.92 Å². The molecule has 0 fully saturated rings. The van der Waals surface area contributed by atoms with Gasteiger partial charge in [-0.15, -0.1) is 0 Å². The number of ether oxygens (including phenoxy) is 2. The molecule has 0 aliphatic carbocycles. The number of nitrogens with zero attached hydrogens (tertiary/aromatic N) is 2. The third-order valence-electron chi connectivity index (χ3n) is 4.64. The van der Waals surface area contributed by atoms with Crippen molar-refractivity contribution in [2.45, 2.75) is 25.0 Å². The normalized spacial score (nSPS) is 16.6. The predicted octanol–water partition coefficient (Wildman–Crippen LogP) is 3.17. The minimum Gasteiger partial charge on any atom is -0.495 e. The van der Waals surface area contributed by atoms with Crippen LogP contribution in [0.4, 0.5) is 13.2 Å². The summed E-state index contributed by atoms with van der Waals surface area (Å²) in [4.78, 5) is 17.7. The van der Waals surface area contributed by atoms with Gasteiger partial charge in [0.05, 0.1) is 30.2 Å². The molecule has 1 atom stereocenters. The van der Waals surface area contributed by atoms with Gasteiger partial charge in [-0.3, -0.25) is 4.79 Å². The third-order valence-corrected chi connectivity index (χ3v) is 5.88. The van der Waals surface area contributed by atoms with Gasteiger partial charge in [0.25, 0.3) is 0 Å². The molecule has 0 bridgehead atoms. The van der Waals surface area contributed by atoms with Crippen LogP contribution in [0.15, 0.2) is 12.1 Å². The first-order valence-electron chi connectivity index (χ1n) is 8.40. The highest BCUT2D eigenvalue weighted by atomic mass is 35.5. The first kappa shape index (κ1) is 22.4. The quantitative estimate of drug-likeness (QED) is 0.491. The second-order valence-corrected chi connectivity index (χ2v) is 8.37. The molecular formula is C17H16ClF3N2O6S. The number of aromatic nitrogens is 1. The van der Waals surface area contributed by atoms with Gasteiger partial charge in [0, 0.05) is 18.1 Å². The average Bonchev–Trinajstić information content (AvgIpc) is 2.98. The molecule has 1 amide bonds. The highest BCUT2D eigenvalue weighted by Gasteiger charge is 2.50. The van der Waals surface area contributed by atoms with E-state index >= 15 is 0 Å². The van der Waals surface area contributed by atoms with Crippen LogP contribution in [0.2, 0.25) is 5.02 Å². The summed E-state index contributed by atoms with van der Waals surface area (Å²) in [7, 11) is -3.28. The van der Waals surface area contributed by atoms with Crippen molar-refractivity contribution in [3.8, 4) is 11.6 Å². The zero-order chi connectivity index (χ0) is 22.4. The molecule has 0 spiro atoms. The minimum absolute atomic E-state index is 0.0386. The zero-order valence-electron chi connectivity index (χ0n) is 15.9. The number of alkyl halides is 3. The first-order valence-corrected chi connectivity index (χ1v) is 10.2. The maximum absolute atomic E-state index is 12.9. The van der Waals surface area contributed by atoms with Crippen LogP contribution < -0.4 is 8.92 Å². The van der Waals surface area contributed by atoms with Gasteiger partial charge in [-0.2, -0.15) is 21.6 Å². The predicted molar refractivity (Wildman–Crippen MR) is 99.7 cm³/mol. The van der Waals surface area contributed by atoms with Crippen LogP contribution >= 0.6 is 11.6 Å². The van der Waals surface area contributed by atoms with E-state index in [4.69, 9.17) is 21.1 Å². The second kappa shape index (κ2) is 7.75. The summed E-state index contributed by atoms with van der Waals surface area (Å²) in [6.45, 7) is 1.16. The van der Waals surface area contributed by atoms with Gasteiger partial charge in [-0.1, -0.05) is 11.6 Å². The molecular weight excluding hydrogens is 453 g/mol. The lowest BCUT2D eigenvalue weighted by atomic mass is 10.0. The average molecular weight is 469 g/mol. The van der Waals surface area contributed by atoms with Gasteiger partial charge in [0.1, 0.15) is 12.4 Å². The van der Waals surface area contributed by atoms with Crippen LogP contribution in [-0.2, 0) is 26.2 Å². The SMILES string of the molecule is COCC(=O)N1Cc2c(OS(=O)(=O)C(F)(F)F)nc3cc(Cl)c(OC)cc3c2[C@@H]1C. The Bertz CT molecular complexity index is 1120. The van der Waals surface area contributed by atoms with E-state index < -0.39 is 33.5 Å². The molecule has 1 aromatic carbocycles. The van der Waals surface area contributed by atoms with Crippen LogP contribution in [0.5, 0.6) is 11.6 Å². The fourth-order valence-electron chi connectivity index (χ4n) is 3.29. The maximum atomic E-state index is 12.9. The Balaban J connectivity index is 2.25. The molecule has 0 saturated carbocycles. The van der Waals surface area contributed by atoms with Gasteiger partial charge >= 0.3 is 15.6 Å². The lowest BCUT2D eigenvalue weighted by Gasteiger charge is -2.21. The van der Waals surface area contributed by atoms with Gasteiger partial charge in [-0.25, -0.2) is 4.98 Å². The van der Waals surface area contributed by atoms with Crippen molar-refractivity contribution in [2.75, 3.05) is 20.8 Å². The van der Waals surface area contributed by atoms with Crippen LogP contribution in [-0.4, -0.2) is 50.5 Å². The highest BCUT2D eigenvalue weighted by Crippen LogP contribution is 2.45. The molecule has 0 N–H and O–H groups in total. The van der Waals surface area contributed by atoms with Crippen molar-refractivity contribution in [3.05, 3.63) is 28.3 Å². The van der Waals surface area contributed by atoms with Crippen LogP contribution in [0.3, 0.4) is 0 Å². The summed E-state index contributed by atoms with van der Waals surface area (Å²) in [6, 6.07) is 2.21. The Morgan fingerprint density at radius 1 is 1.33 bits per heavy atom. The van der Waals surface area contributed by atoms with Crippen molar-refractivity contribution < 1.29 is 40.0 Å². The maximum Gasteiger partial charge on any atom is 0.534 e. The summed E-state index contributed by atoms with van der Waals surface area (Å²) in [5, 5.41) is 0.545. The van der Waals surface area contributed by atoms with E-state index in [-0.39, 0.29) is 35.0 Å². The van der Waals surface area contributed by atoms with E-state index in [0.29, 0.717) is 10.9 Å². The largest absolute Gasteiger partial charge is 0.534 e. The summed E-state index contributed by atoms with van der Waals surface area (Å²) >= 11 is 6.08. The number of carbonyl (C=O) groups is 1. The number of benzene rings is 1. The lowest BCUT2D eigenvalue weighted by Crippen LogP contribution is -2.31. The van der Waals surface area contributed by atoms with E-state index in [1.807, 2.05) is 0 Å². The monoisotopic (exact) mass is 468 g/mol. The van der Waals surface area contributed by atoms with Crippen LogP contribution in [0, 0.1) is 0 Å². The Morgan fingerprint density at radius 2 is 2.00 bits per heavy atom. The molecule has 2 aromatic rings. The number of halogens is 4. The van der Waals surface area contributed by atoms with Gasteiger partial charge in [0.2, 0.25) is 11.8 Å². The lowest BCUT2D eigenvalue weighted by molar-refractivity contribution is -0.137. The minimum atomic E-state index is -5.98. The molecule has 1 aromatic heterocycles. The van der Waals surface area contributed by atoms with Crippen molar-refractivity contribution in [1.29, 1.82) is 0 Å². The summed E-state index contributed by atoms with van der Waals surface area (Å²) in [5.74, 6) is -0.936. The standard InChI is InChI=1S/C17H16ClF3N2O6S/c1-8-15-9-4-13(28-3)11(18)5-12(9)22-16(29-30(25,26)17(19,20)21)10(15)6-23(8)14(24)7-27-2/h4-5,8H,6-7H2,1-3H3/t8-/m0/s1. The molecule has 0 radical (unpaired) electrons. The zero-order valence-corrected chi connectivity index (χ0v) is 17.5. The topological polar surface area (TPSA) is 95.0 Å². The number of hydrogen-bond acceptors (Lipinski definition) is 7. The molecule has 8 nitrogen and oxygen atoms in total. The fraction of sp³-hybridized carbons (Fsp3) is 0.412. The number of methoxy groups -OCH3 is 2. The number of fused-ring (bicyclic) bond motifs is 3. The first-order chi connectivity index (χ1) is 13.9. The van der Waals surface area contributed by atoms with Crippen molar-refractivity contribution in [2.24, 2.45) is 0 Å². The van der Waals surface area contributed by atoms with Gasteiger partial charge in [0.15, 0.2) is 0 Å². The van der Waals surface area contributed by atoms with E-state index in [1.165, 1.54) is 31.3 Å². The molecule has 0 saturated heterocycles. The van der Waals surface area contributed by atoms with E-state index in [0.717, 1.165) is 0 Å². The van der Waals surface area contributed by atoms with Crippen LogP contribution in [0.25, 0.3) is 10.9 Å². The molecule has 164 valence electrons. The Morgan fingerprint density at radius 3 is 2.57 bits per heavy atom. The van der Waals surface area contributed by atoms with Crippen molar-refractivity contribution in [1.82, 2.24) is 9.88 Å². The van der Waals surface area contributed by atoms with E-state index in [2.05, 4.69) is 9.17 Å². The molecule has 1 aliphatic rings. The molecule has 0 unspecified atom stereocenters. The molecule has 13 heteroatoms. The van der Waals surface area contributed by atoms with E-state index in [9.17, 15) is 26.4 Å². The number of hydrogen-bond donors (Lipinski definition) is 0. The summed E-state index contributed by atoms with van der Waals surface area (Å²) in [6.07, 6.45) is 0. The molecule has 1 aliphatic heterocycles. The molecule has 3 rings (SSSR count). The number of amides is 1. The van der Waals surface area contributed by atoms with Crippen molar-refractivity contribution in [3.63, 3.8) is 0 Å². The number of pyridine rings is 1. The van der Waals surface area contributed by atoms with Crippen molar-refractivity contribution >= 4 is 38.5 Å². The Kier molecular flexibility index (Phi) is 5.78. The van der Waals surface area contributed by atoms with Crippen LogP contribution in [0.1, 0.15) is 24.1 Å². The Hall–Kier alpha value is -2.31. The third kappa shape index (κ3) is 3.74. The highest BCUT2D eigenvalue weighted by molar-refractivity contribution is 7.87. The summed E-state index contributed by atoms with van der Waals surface area (Å²) < 4.78 is 76.2. The van der Waals surface area contributed by atoms with Gasteiger partial charge < -0.3 is 18.6 Å². The molecule has 30 heavy (non-hydrogen) atoms. The fourth-order valence-corrected chi connectivity index (χ4v) is 3.96.